The van der Waals surface area contributed by atoms with Crippen molar-refractivity contribution in [1.82, 2.24) is 0 Å². The van der Waals surface area contributed by atoms with Crippen molar-refractivity contribution in [3.05, 3.63) is 63.6 Å². The zero-order valence-corrected chi connectivity index (χ0v) is 13.8. The molecular formula is C17H20Cl2N2. The molecule has 0 amide bonds. The molecule has 1 unspecified atom stereocenters. The van der Waals surface area contributed by atoms with Crippen molar-refractivity contribution in [2.45, 2.75) is 19.4 Å². The van der Waals surface area contributed by atoms with Gasteiger partial charge in [0.05, 0.1) is 10.0 Å². The largest absolute Gasteiger partial charge is 0.375 e. The van der Waals surface area contributed by atoms with E-state index >= 15 is 0 Å². The molecule has 0 spiro atoms. The standard InChI is InChI=1S/C17H20Cl2N2/c1-12-5-3-6-13(11-12)21(2)10-9-16(20)14-7-4-8-15(18)17(14)19/h3-8,11,16H,9-10,20H2,1-2H3. The van der Waals surface area contributed by atoms with Crippen LogP contribution in [0.15, 0.2) is 42.5 Å². The van der Waals surface area contributed by atoms with Crippen LogP contribution in [0.25, 0.3) is 0 Å². The van der Waals surface area contributed by atoms with Gasteiger partial charge < -0.3 is 10.6 Å². The second-order valence-corrected chi connectivity index (χ2v) is 6.08. The quantitative estimate of drug-likeness (QED) is 0.854. The molecule has 0 saturated heterocycles. The van der Waals surface area contributed by atoms with Crippen LogP contribution in [0.2, 0.25) is 10.0 Å². The van der Waals surface area contributed by atoms with Crippen LogP contribution in [0, 0.1) is 6.92 Å². The van der Waals surface area contributed by atoms with Gasteiger partial charge in [-0.2, -0.15) is 0 Å². The van der Waals surface area contributed by atoms with Crippen LogP contribution in [0.4, 0.5) is 5.69 Å². The van der Waals surface area contributed by atoms with Crippen molar-refractivity contribution >= 4 is 28.9 Å². The first-order chi connectivity index (χ1) is 9.99. The second-order valence-electron chi connectivity index (χ2n) is 5.30. The van der Waals surface area contributed by atoms with E-state index in [-0.39, 0.29) is 6.04 Å². The molecule has 4 heteroatoms. The van der Waals surface area contributed by atoms with Gasteiger partial charge in [0.1, 0.15) is 0 Å². The number of hydrogen-bond acceptors (Lipinski definition) is 2. The minimum Gasteiger partial charge on any atom is -0.375 e. The van der Waals surface area contributed by atoms with E-state index in [1.165, 1.54) is 11.3 Å². The van der Waals surface area contributed by atoms with Crippen LogP contribution in [0.5, 0.6) is 0 Å². The summed E-state index contributed by atoms with van der Waals surface area (Å²) in [6.45, 7) is 2.95. The number of aryl methyl sites for hydroxylation is 1. The van der Waals surface area contributed by atoms with E-state index in [1.807, 2.05) is 12.1 Å². The molecule has 2 aromatic rings. The summed E-state index contributed by atoms with van der Waals surface area (Å²) in [7, 11) is 2.07. The molecule has 0 radical (unpaired) electrons. The summed E-state index contributed by atoms with van der Waals surface area (Å²) in [6, 6.07) is 13.9. The van der Waals surface area contributed by atoms with Gasteiger partial charge in [0.25, 0.3) is 0 Å². The number of rotatable bonds is 5. The lowest BCUT2D eigenvalue weighted by Crippen LogP contribution is -2.23. The number of halogens is 2. The van der Waals surface area contributed by atoms with Gasteiger partial charge in [-0.1, -0.05) is 47.5 Å². The van der Waals surface area contributed by atoms with Gasteiger partial charge in [-0.25, -0.2) is 0 Å². The molecule has 0 fully saturated rings. The van der Waals surface area contributed by atoms with E-state index in [0.29, 0.717) is 10.0 Å². The van der Waals surface area contributed by atoms with Crippen LogP contribution < -0.4 is 10.6 Å². The van der Waals surface area contributed by atoms with Crippen molar-refractivity contribution in [3.8, 4) is 0 Å². The van der Waals surface area contributed by atoms with Gasteiger partial charge in [-0.3, -0.25) is 0 Å². The molecule has 2 aromatic carbocycles. The lowest BCUT2D eigenvalue weighted by Gasteiger charge is -2.22. The SMILES string of the molecule is Cc1cccc(N(C)CCC(N)c2cccc(Cl)c2Cl)c1. The Morgan fingerprint density at radius 3 is 2.57 bits per heavy atom. The van der Waals surface area contributed by atoms with Crippen LogP contribution in [-0.4, -0.2) is 13.6 Å². The second kappa shape index (κ2) is 7.17. The van der Waals surface area contributed by atoms with Crippen LogP contribution >= 0.6 is 23.2 Å². The molecule has 0 aliphatic rings. The molecule has 0 aliphatic heterocycles. The Hall–Kier alpha value is -1.22. The highest BCUT2D eigenvalue weighted by Gasteiger charge is 2.13. The van der Waals surface area contributed by atoms with Crippen molar-refractivity contribution in [2.24, 2.45) is 5.73 Å². The Morgan fingerprint density at radius 1 is 1.14 bits per heavy atom. The average molecular weight is 323 g/mol. The summed E-state index contributed by atoms with van der Waals surface area (Å²) in [5, 5.41) is 1.11. The summed E-state index contributed by atoms with van der Waals surface area (Å²) >= 11 is 12.3. The number of nitrogens with two attached hydrogens (primary N) is 1. The maximum atomic E-state index is 6.25. The predicted octanol–water partition coefficient (Wildman–Crippen LogP) is 4.83. The highest BCUT2D eigenvalue weighted by atomic mass is 35.5. The van der Waals surface area contributed by atoms with Gasteiger partial charge in [0.15, 0.2) is 0 Å². The molecule has 0 aromatic heterocycles. The fourth-order valence-electron chi connectivity index (χ4n) is 2.29. The summed E-state index contributed by atoms with van der Waals surface area (Å²) in [4.78, 5) is 2.20. The molecule has 21 heavy (non-hydrogen) atoms. The fraction of sp³-hybridized carbons (Fsp3) is 0.294. The Kier molecular flexibility index (Phi) is 5.51. The third-order valence-corrected chi connectivity index (χ3v) is 4.43. The van der Waals surface area contributed by atoms with E-state index in [4.69, 9.17) is 28.9 Å². The Balaban J connectivity index is 2.00. The monoisotopic (exact) mass is 322 g/mol. The van der Waals surface area contributed by atoms with E-state index in [2.05, 4.69) is 43.1 Å². The molecular weight excluding hydrogens is 303 g/mol. The normalized spacial score (nSPS) is 12.2. The van der Waals surface area contributed by atoms with E-state index in [0.717, 1.165) is 18.5 Å². The molecule has 2 nitrogen and oxygen atoms in total. The van der Waals surface area contributed by atoms with E-state index in [9.17, 15) is 0 Å². The molecule has 0 heterocycles. The van der Waals surface area contributed by atoms with Gasteiger partial charge in [-0.15, -0.1) is 0 Å². The van der Waals surface area contributed by atoms with E-state index < -0.39 is 0 Å². The summed E-state index contributed by atoms with van der Waals surface area (Å²) < 4.78 is 0. The van der Waals surface area contributed by atoms with Crippen molar-refractivity contribution in [3.63, 3.8) is 0 Å². The summed E-state index contributed by atoms with van der Waals surface area (Å²) in [5.41, 5.74) is 9.60. The maximum Gasteiger partial charge on any atom is 0.0640 e. The molecule has 2 N–H and O–H groups in total. The Bertz CT molecular complexity index is 613. The lowest BCUT2D eigenvalue weighted by atomic mass is 10.0. The molecule has 0 bridgehead atoms. The zero-order chi connectivity index (χ0) is 15.4. The van der Waals surface area contributed by atoms with Crippen LogP contribution in [0.3, 0.4) is 0 Å². The van der Waals surface area contributed by atoms with Gasteiger partial charge in [-0.05, 0) is 42.7 Å². The third-order valence-electron chi connectivity index (χ3n) is 3.60. The predicted molar refractivity (Wildman–Crippen MR) is 92.5 cm³/mol. The van der Waals surface area contributed by atoms with Crippen molar-refractivity contribution in [1.29, 1.82) is 0 Å². The Labute approximate surface area is 136 Å². The van der Waals surface area contributed by atoms with Crippen molar-refractivity contribution in [2.75, 3.05) is 18.5 Å². The number of anilines is 1. The number of benzene rings is 2. The van der Waals surface area contributed by atoms with Crippen molar-refractivity contribution < 1.29 is 0 Å². The van der Waals surface area contributed by atoms with Gasteiger partial charge in [0.2, 0.25) is 0 Å². The first-order valence-electron chi connectivity index (χ1n) is 6.96. The Morgan fingerprint density at radius 2 is 1.86 bits per heavy atom. The minimum absolute atomic E-state index is 0.122. The molecule has 0 aliphatic carbocycles. The highest BCUT2D eigenvalue weighted by molar-refractivity contribution is 6.42. The maximum absolute atomic E-state index is 6.25. The molecule has 2 rings (SSSR count). The fourth-order valence-corrected chi connectivity index (χ4v) is 2.74. The minimum atomic E-state index is -0.122. The highest BCUT2D eigenvalue weighted by Crippen LogP contribution is 2.30. The number of nitrogens with zero attached hydrogens (tertiary/aromatic N) is 1. The number of hydrogen-bond donors (Lipinski definition) is 1. The molecule has 1 atom stereocenters. The first-order valence-corrected chi connectivity index (χ1v) is 7.72. The van der Waals surface area contributed by atoms with Crippen LogP contribution in [0.1, 0.15) is 23.6 Å². The first kappa shape index (κ1) is 16.2. The van der Waals surface area contributed by atoms with E-state index in [1.54, 1.807) is 6.07 Å². The van der Waals surface area contributed by atoms with Crippen LogP contribution in [-0.2, 0) is 0 Å². The topological polar surface area (TPSA) is 29.3 Å². The molecule has 112 valence electrons. The third kappa shape index (κ3) is 4.13. The lowest BCUT2D eigenvalue weighted by molar-refractivity contribution is 0.646. The zero-order valence-electron chi connectivity index (χ0n) is 12.3. The van der Waals surface area contributed by atoms with Gasteiger partial charge in [0, 0.05) is 25.3 Å². The summed E-state index contributed by atoms with van der Waals surface area (Å²) in [5.74, 6) is 0. The summed E-state index contributed by atoms with van der Waals surface area (Å²) in [6.07, 6.45) is 0.810. The molecule has 0 saturated carbocycles. The average Bonchev–Trinajstić information content (AvgIpc) is 2.47. The smallest absolute Gasteiger partial charge is 0.0640 e. The van der Waals surface area contributed by atoms with Gasteiger partial charge >= 0.3 is 0 Å².